The number of benzene rings is 2. The minimum Gasteiger partial charge on any atom is -0.497 e. The lowest BCUT2D eigenvalue weighted by Gasteiger charge is -2.22. The van der Waals surface area contributed by atoms with Gasteiger partial charge in [-0.3, -0.25) is 4.79 Å². The summed E-state index contributed by atoms with van der Waals surface area (Å²) in [5, 5.41) is 7.00. The highest BCUT2D eigenvalue weighted by atomic mass is 79.9. The fourth-order valence-corrected chi connectivity index (χ4v) is 4.52. The second kappa shape index (κ2) is 9.70. The summed E-state index contributed by atoms with van der Waals surface area (Å²) in [5.41, 5.74) is 2.88. The fraction of sp³-hybridized carbons (Fsp3) is 0.217. The van der Waals surface area contributed by atoms with Gasteiger partial charge in [-0.1, -0.05) is 28.1 Å². The summed E-state index contributed by atoms with van der Waals surface area (Å²) < 4.78 is 11.1. The van der Waals surface area contributed by atoms with Crippen molar-refractivity contribution in [1.29, 1.82) is 0 Å². The van der Waals surface area contributed by atoms with Crippen molar-refractivity contribution >= 4 is 50.4 Å². The fourth-order valence-electron chi connectivity index (χ4n) is 3.38. The molecule has 2 aliphatic heterocycles. The number of hydrogen-bond donors (Lipinski definition) is 0. The van der Waals surface area contributed by atoms with Gasteiger partial charge in [0.15, 0.2) is 5.17 Å². The Balaban J connectivity index is 1.66. The zero-order chi connectivity index (χ0) is 22.7. The molecule has 164 valence electrons. The van der Waals surface area contributed by atoms with Gasteiger partial charge in [-0.2, -0.15) is 10.1 Å². The third-order valence-electron chi connectivity index (χ3n) is 4.93. The molecule has 1 atom stereocenters. The third-order valence-corrected chi connectivity index (χ3v) is 6.43. The molecule has 2 heterocycles. The SMILES string of the molecule is CCOC(=O)C=C1SC(N2N=C(c3ccc(OC)cc3)CC2c2ccc(Br)cc2)=NC1=O. The van der Waals surface area contributed by atoms with E-state index in [0.29, 0.717) is 11.6 Å². The largest absolute Gasteiger partial charge is 0.497 e. The highest BCUT2D eigenvalue weighted by molar-refractivity contribution is 9.10. The van der Waals surface area contributed by atoms with Gasteiger partial charge in [0, 0.05) is 17.0 Å². The molecule has 0 radical (unpaired) electrons. The van der Waals surface area contributed by atoms with Gasteiger partial charge in [0.05, 0.1) is 30.4 Å². The van der Waals surface area contributed by atoms with E-state index in [1.807, 2.05) is 48.5 Å². The second-order valence-electron chi connectivity index (χ2n) is 6.95. The maximum Gasteiger partial charge on any atom is 0.332 e. The Bertz CT molecular complexity index is 1130. The number of amidine groups is 1. The van der Waals surface area contributed by atoms with Gasteiger partial charge in [-0.25, -0.2) is 9.80 Å². The lowest BCUT2D eigenvalue weighted by atomic mass is 9.98. The van der Waals surface area contributed by atoms with Crippen LogP contribution in [0.2, 0.25) is 0 Å². The van der Waals surface area contributed by atoms with E-state index < -0.39 is 11.9 Å². The lowest BCUT2D eigenvalue weighted by Crippen LogP contribution is -2.23. The number of hydrazone groups is 1. The minimum atomic E-state index is -0.562. The summed E-state index contributed by atoms with van der Waals surface area (Å²) in [7, 11) is 1.63. The molecule has 0 bridgehead atoms. The molecule has 1 amide bonds. The number of carbonyl (C=O) groups is 2. The van der Waals surface area contributed by atoms with Crippen molar-refractivity contribution < 1.29 is 19.1 Å². The van der Waals surface area contributed by atoms with E-state index in [2.05, 4.69) is 20.9 Å². The Morgan fingerprint density at radius 2 is 1.94 bits per heavy atom. The molecular formula is C23H20BrN3O4S. The van der Waals surface area contributed by atoms with Gasteiger partial charge < -0.3 is 9.47 Å². The van der Waals surface area contributed by atoms with Crippen LogP contribution in [-0.2, 0) is 14.3 Å². The van der Waals surface area contributed by atoms with E-state index in [9.17, 15) is 9.59 Å². The predicted octanol–water partition coefficient (Wildman–Crippen LogP) is 4.69. The van der Waals surface area contributed by atoms with Crippen LogP contribution in [0.1, 0.15) is 30.5 Å². The van der Waals surface area contributed by atoms with Crippen molar-refractivity contribution in [3.63, 3.8) is 0 Å². The van der Waals surface area contributed by atoms with Gasteiger partial charge in [0.25, 0.3) is 5.91 Å². The first-order chi connectivity index (χ1) is 15.5. The smallest absolute Gasteiger partial charge is 0.332 e. The molecule has 2 aliphatic rings. The number of ether oxygens (including phenoxy) is 2. The van der Waals surface area contributed by atoms with Crippen LogP contribution < -0.4 is 4.74 Å². The lowest BCUT2D eigenvalue weighted by molar-refractivity contribution is -0.137. The van der Waals surface area contributed by atoms with Crippen LogP contribution >= 0.6 is 27.7 Å². The van der Waals surface area contributed by atoms with Crippen molar-refractivity contribution in [2.45, 2.75) is 19.4 Å². The number of hydrogen-bond acceptors (Lipinski definition) is 7. The van der Waals surface area contributed by atoms with E-state index in [-0.39, 0.29) is 17.6 Å². The standard InChI is InChI=1S/C23H20BrN3O4S/c1-3-31-21(28)13-20-22(29)25-23(32-20)27-19(15-4-8-16(24)9-5-15)12-18(26-27)14-6-10-17(30-2)11-7-14/h4-11,13,19H,3,12H2,1-2H3. The van der Waals surface area contributed by atoms with Crippen LogP contribution in [0.25, 0.3) is 0 Å². The van der Waals surface area contributed by atoms with Gasteiger partial charge >= 0.3 is 5.97 Å². The molecule has 4 rings (SSSR count). The maximum atomic E-state index is 12.4. The van der Waals surface area contributed by atoms with Crippen molar-refractivity contribution in [3.05, 3.63) is 75.1 Å². The van der Waals surface area contributed by atoms with Crippen LogP contribution in [0.5, 0.6) is 5.75 Å². The molecule has 0 aromatic heterocycles. The molecule has 2 aromatic carbocycles. The summed E-state index contributed by atoms with van der Waals surface area (Å²) in [6, 6.07) is 15.5. The van der Waals surface area contributed by atoms with Crippen molar-refractivity contribution in [2.24, 2.45) is 10.1 Å². The first-order valence-corrected chi connectivity index (χ1v) is 11.6. The average Bonchev–Trinajstić information content (AvgIpc) is 3.39. The molecule has 32 heavy (non-hydrogen) atoms. The highest BCUT2D eigenvalue weighted by Crippen LogP contribution is 2.39. The molecule has 9 heteroatoms. The number of halogens is 1. The summed E-state index contributed by atoms with van der Waals surface area (Å²) in [6.45, 7) is 1.95. The topological polar surface area (TPSA) is 80.6 Å². The zero-order valence-electron chi connectivity index (χ0n) is 17.4. The molecule has 0 saturated heterocycles. The summed E-state index contributed by atoms with van der Waals surface area (Å²) >= 11 is 4.60. The Hall–Kier alpha value is -2.91. The Morgan fingerprint density at radius 1 is 1.22 bits per heavy atom. The summed E-state index contributed by atoms with van der Waals surface area (Å²) in [6.07, 6.45) is 1.82. The first kappa shape index (κ1) is 22.3. The van der Waals surface area contributed by atoms with Crippen molar-refractivity contribution in [2.75, 3.05) is 13.7 Å². The van der Waals surface area contributed by atoms with E-state index in [1.54, 1.807) is 19.0 Å². The monoisotopic (exact) mass is 513 g/mol. The molecule has 7 nitrogen and oxygen atoms in total. The maximum absolute atomic E-state index is 12.4. The van der Waals surface area contributed by atoms with Crippen LogP contribution in [0, 0.1) is 0 Å². The quantitative estimate of drug-likeness (QED) is 0.426. The Labute approximate surface area is 198 Å². The van der Waals surface area contributed by atoms with Crippen LogP contribution in [0.3, 0.4) is 0 Å². The average molecular weight is 514 g/mol. The Kier molecular flexibility index (Phi) is 6.76. The van der Waals surface area contributed by atoms with Crippen LogP contribution in [-0.4, -0.2) is 41.5 Å². The Morgan fingerprint density at radius 3 is 2.59 bits per heavy atom. The number of amides is 1. The molecule has 1 unspecified atom stereocenters. The zero-order valence-corrected chi connectivity index (χ0v) is 19.9. The summed E-state index contributed by atoms with van der Waals surface area (Å²) in [4.78, 5) is 28.6. The molecule has 0 N–H and O–H groups in total. The van der Waals surface area contributed by atoms with Gasteiger partial charge in [0.2, 0.25) is 0 Å². The second-order valence-corrected chi connectivity index (χ2v) is 8.88. The van der Waals surface area contributed by atoms with E-state index in [1.165, 1.54) is 6.08 Å². The van der Waals surface area contributed by atoms with Gasteiger partial charge in [0.1, 0.15) is 5.75 Å². The van der Waals surface area contributed by atoms with Crippen LogP contribution in [0.15, 0.2) is 74.1 Å². The third kappa shape index (κ3) is 4.78. The molecular weight excluding hydrogens is 494 g/mol. The minimum absolute atomic E-state index is 0.138. The number of esters is 1. The summed E-state index contributed by atoms with van der Waals surface area (Å²) in [5.74, 6) is -0.266. The van der Waals surface area contributed by atoms with E-state index >= 15 is 0 Å². The number of thioether (sulfide) groups is 1. The van der Waals surface area contributed by atoms with E-state index in [4.69, 9.17) is 14.6 Å². The number of nitrogens with zero attached hydrogens (tertiary/aromatic N) is 3. The van der Waals surface area contributed by atoms with E-state index in [0.717, 1.165) is 38.8 Å². The first-order valence-electron chi connectivity index (χ1n) is 9.94. The van der Waals surface area contributed by atoms with Crippen molar-refractivity contribution in [1.82, 2.24) is 5.01 Å². The van der Waals surface area contributed by atoms with Gasteiger partial charge in [-0.05, 0) is 66.2 Å². The number of carbonyl (C=O) groups excluding carboxylic acids is 2. The molecule has 2 aromatic rings. The van der Waals surface area contributed by atoms with Gasteiger partial charge in [-0.15, -0.1) is 0 Å². The normalized spacial score (nSPS) is 19.2. The molecule has 0 saturated carbocycles. The number of rotatable bonds is 5. The number of aliphatic imine (C=N–C) groups is 1. The molecule has 0 spiro atoms. The predicted molar refractivity (Wildman–Crippen MR) is 128 cm³/mol. The number of methoxy groups -OCH3 is 1. The van der Waals surface area contributed by atoms with Crippen LogP contribution in [0.4, 0.5) is 0 Å². The molecule has 0 aliphatic carbocycles. The highest BCUT2D eigenvalue weighted by Gasteiger charge is 2.36. The van der Waals surface area contributed by atoms with Crippen molar-refractivity contribution in [3.8, 4) is 5.75 Å². The molecule has 0 fully saturated rings.